The lowest BCUT2D eigenvalue weighted by atomic mass is 10.1. The Kier molecular flexibility index (Phi) is 5.48. The maximum atomic E-state index is 13.6. The predicted molar refractivity (Wildman–Crippen MR) is 137 cm³/mol. The Morgan fingerprint density at radius 1 is 1.03 bits per heavy atom. The Labute approximate surface area is 198 Å². The molecule has 0 fully saturated rings. The lowest BCUT2D eigenvalue weighted by molar-refractivity contribution is 0.458. The predicted octanol–water partition coefficient (Wildman–Crippen LogP) is 4.01. The van der Waals surface area contributed by atoms with Crippen LogP contribution in [0.2, 0.25) is 0 Å². The summed E-state index contributed by atoms with van der Waals surface area (Å²) < 4.78 is 4.76. The quantitative estimate of drug-likeness (QED) is 0.466. The molecule has 0 unspecified atom stereocenters. The number of benzene rings is 2. The van der Waals surface area contributed by atoms with Crippen LogP contribution in [0.1, 0.15) is 23.6 Å². The summed E-state index contributed by atoms with van der Waals surface area (Å²) in [5, 5.41) is 0. The van der Waals surface area contributed by atoms with Gasteiger partial charge in [-0.05, 0) is 48.6 Å². The van der Waals surface area contributed by atoms with E-state index in [1.807, 2.05) is 47.1 Å². The van der Waals surface area contributed by atoms with E-state index in [0.717, 1.165) is 17.8 Å². The minimum Gasteiger partial charge on any atom is -0.312 e. The van der Waals surface area contributed by atoms with Gasteiger partial charge in [-0.3, -0.25) is 13.9 Å². The summed E-state index contributed by atoms with van der Waals surface area (Å²) in [6, 6.07) is 16.2. The number of anilines is 2. The molecule has 1 aliphatic heterocycles. The second-order valence-corrected chi connectivity index (χ2v) is 9.25. The zero-order valence-corrected chi connectivity index (χ0v) is 20.0. The zero-order valence-electron chi connectivity index (χ0n) is 20.0. The van der Waals surface area contributed by atoms with Gasteiger partial charge in [0.1, 0.15) is 0 Å². The van der Waals surface area contributed by atoms with Gasteiger partial charge in [0.15, 0.2) is 11.2 Å². The van der Waals surface area contributed by atoms with Gasteiger partial charge in [-0.25, -0.2) is 4.79 Å². The normalized spacial score (nSPS) is 15.9. The van der Waals surface area contributed by atoms with Crippen LogP contribution in [0.5, 0.6) is 0 Å². The van der Waals surface area contributed by atoms with Gasteiger partial charge >= 0.3 is 5.69 Å². The van der Waals surface area contributed by atoms with E-state index in [-0.39, 0.29) is 17.8 Å². The molecule has 2 aromatic heterocycles. The van der Waals surface area contributed by atoms with Crippen molar-refractivity contribution >= 4 is 28.9 Å². The van der Waals surface area contributed by atoms with Crippen molar-refractivity contribution in [3.8, 4) is 0 Å². The Balaban J connectivity index is 1.63. The first-order chi connectivity index (χ1) is 16.3. The third-order valence-corrected chi connectivity index (χ3v) is 6.64. The van der Waals surface area contributed by atoms with Crippen molar-refractivity contribution in [2.24, 2.45) is 13.0 Å². The Morgan fingerprint density at radius 3 is 2.53 bits per heavy atom. The largest absolute Gasteiger partial charge is 0.332 e. The second-order valence-electron chi connectivity index (χ2n) is 9.25. The average Bonchev–Trinajstić information content (AvgIpc) is 3.21. The molecule has 0 bridgehead atoms. The van der Waals surface area contributed by atoms with Crippen LogP contribution in [0.4, 0.5) is 11.6 Å². The highest BCUT2D eigenvalue weighted by Crippen LogP contribution is 2.33. The molecule has 0 amide bonds. The highest BCUT2D eigenvalue weighted by molar-refractivity contribution is 5.77. The van der Waals surface area contributed by atoms with Crippen LogP contribution in [0, 0.1) is 19.8 Å². The maximum Gasteiger partial charge on any atom is 0.332 e. The fourth-order valence-corrected chi connectivity index (χ4v) is 4.64. The van der Waals surface area contributed by atoms with E-state index < -0.39 is 0 Å². The lowest BCUT2D eigenvalue weighted by Crippen LogP contribution is -2.40. The van der Waals surface area contributed by atoms with E-state index >= 15 is 0 Å². The molecule has 7 heteroatoms. The topological polar surface area (TPSA) is 65.1 Å². The number of aromatic nitrogens is 4. The van der Waals surface area contributed by atoms with Crippen molar-refractivity contribution in [3.63, 3.8) is 0 Å². The molecule has 174 valence electrons. The number of rotatable bonds is 4. The number of hydrogen-bond donors (Lipinski definition) is 0. The summed E-state index contributed by atoms with van der Waals surface area (Å²) in [7, 11) is 1.68. The van der Waals surface area contributed by atoms with E-state index in [0.29, 0.717) is 29.6 Å². The van der Waals surface area contributed by atoms with Crippen molar-refractivity contribution in [1.82, 2.24) is 18.7 Å². The third kappa shape index (κ3) is 3.67. The number of nitrogens with zero attached hydrogens (tertiary/aromatic N) is 5. The number of hydrogen-bond acceptors (Lipinski definition) is 4. The van der Waals surface area contributed by atoms with Crippen molar-refractivity contribution in [2.45, 2.75) is 33.9 Å². The second kappa shape index (κ2) is 8.48. The van der Waals surface area contributed by atoms with Gasteiger partial charge in [-0.1, -0.05) is 55.5 Å². The number of aryl methyl sites for hydroxylation is 3. The zero-order chi connectivity index (χ0) is 24.0. The van der Waals surface area contributed by atoms with Crippen LogP contribution in [0.25, 0.3) is 17.2 Å². The monoisotopic (exact) mass is 455 g/mol. The maximum absolute atomic E-state index is 13.6. The van der Waals surface area contributed by atoms with Crippen molar-refractivity contribution in [2.75, 3.05) is 11.4 Å². The fourth-order valence-electron chi connectivity index (χ4n) is 4.64. The van der Waals surface area contributed by atoms with Gasteiger partial charge < -0.3 is 9.47 Å². The van der Waals surface area contributed by atoms with Crippen LogP contribution in [-0.2, 0) is 20.1 Å². The first-order valence-corrected chi connectivity index (χ1v) is 11.6. The molecule has 0 aliphatic carbocycles. The van der Waals surface area contributed by atoms with Gasteiger partial charge in [-0.15, -0.1) is 0 Å². The first kappa shape index (κ1) is 21.9. The van der Waals surface area contributed by atoms with Gasteiger partial charge in [0.05, 0.1) is 0 Å². The van der Waals surface area contributed by atoms with Crippen molar-refractivity contribution in [1.29, 1.82) is 0 Å². The van der Waals surface area contributed by atoms with Crippen molar-refractivity contribution < 1.29 is 0 Å². The molecule has 3 heterocycles. The highest BCUT2D eigenvalue weighted by atomic mass is 16.2. The summed E-state index contributed by atoms with van der Waals surface area (Å²) in [5.41, 5.74) is 4.74. The van der Waals surface area contributed by atoms with Gasteiger partial charge in [0.2, 0.25) is 5.95 Å². The summed E-state index contributed by atoms with van der Waals surface area (Å²) in [4.78, 5) is 33.6. The molecule has 0 spiro atoms. The molecule has 1 aliphatic rings. The minimum atomic E-state index is -0.364. The standard InChI is InChI=1S/C27H29N5O2/c1-18-16-31(22-13-12-19(2)20(3)15-22)26-28-24-23(32(26)17-18)25(33)30(27(34)29(24)4)14-8-11-21-9-6-5-7-10-21/h5-13,15,18H,14,16-17H2,1-4H3/b11-8+/t18-/m0/s1. The molecular weight excluding hydrogens is 426 g/mol. The van der Waals surface area contributed by atoms with Crippen LogP contribution >= 0.6 is 0 Å². The van der Waals surface area contributed by atoms with E-state index in [1.54, 1.807) is 7.05 Å². The van der Waals surface area contributed by atoms with E-state index in [2.05, 4.69) is 43.9 Å². The van der Waals surface area contributed by atoms with Crippen LogP contribution < -0.4 is 16.1 Å². The van der Waals surface area contributed by atoms with E-state index in [1.165, 1.54) is 20.3 Å². The molecule has 0 radical (unpaired) electrons. The SMILES string of the molecule is Cc1ccc(N2C[C@H](C)Cn3c2nc2c3c(=O)n(C/C=C/c3ccccc3)c(=O)n2C)cc1C. The van der Waals surface area contributed by atoms with E-state index in [4.69, 9.17) is 4.98 Å². The molecule has 5 rings (SSSR count). The summed E-state index contributed by atoms with van der Waals surface area (Å²) in [6.45, 7) is 8.05. The van der Waals surface area contributed by atoms with Crippen LogP contribution in [-0.4, -0.2) is 25.2 Å². The third-order valence-electron chi connectivity index (χ3n) is 6.64. The Bertz CT molecular complexity index is 1520. The Hall–Kier alpha value is -3.87. The molecule has 0 saturated carbocycles. The molecule has 0 N–H and O–H groups in total. The summed E-state index contributed by atoms with van der Waals surface area (Å²) in [5.74, 6) is 1.02. The first-order valence-electron chi connectivity index (χ1n) is 11.6. The molecular formula is C27H29N5O2. The van der Waals surface area contributed by atoms with Crippen molar-refractivity contribution in [3.05, 3.63) is 92.1 Å². The molecule has 4 aromatic rings. The van der Waals surface area contributed by atoms with E-state index in [9.17, 15) is 9.59 Å². The molecule has 34 heavy (non-hydrogen) atoms. The minimum absolute atomic E-state index is 0.202. The molecule has 0 saturated heterocycles. The van der Waals surface area contributed by atoms with Gasteiger partial charge in [0, 0.05) is 32.4 Å². The number of allylic oxidation sites excluding steroid dienone is 1. The van der Waals surface area contributed by atoms with Crippen LogP contribution in [0.3, 0.4) is 0 Å². The molecule has 2 aromatic carbocycles. The summed E-state index contributed by atoms with van der Waals surface area (Å²) in [6.07, 6.45) is 3.77. The smallest absolute Gasteiger partial charge is 0.312 e. The fraction of sp³-hybridized carbons (Fsp3) is 0.296. The molecule has 7 nitrogen and oxygen atoms in total. The highest BCUT2D eigenvalue weighted by Gasteiger charge is 2.29. The van der Waals surface area contributed by atoms with Gasteiger partial charge in [0.25, 0.3) is 5.56 Å². The number of fused-ring (bicyclic) bond motifs is 3. The number of imidazole rings is 1. The van der Waals surface area contributed by atoms with Gasteiger partial charge in [-0.2, -0.15) is 4.98 Å². The molecule has 1 atom stereocenters. The Morgan fingerprint density at radius 2 is 1.79 bits per heavy atom. The lowest BCUT2D eigenvalue weighted by Gasteiger charge is -2.33. The summed E-state index contributed by atoms with van der Waals surface area (Å²) >= 11 is 0. The average molecular weight is 456 g/mol. The van der Waals surface area contributed by atoms with Crippen LogP contribution in [0.15, 0.2) is 64.2 Å².